The Morgan fingerprint density at radius 1 is 1.17 bits per heavy atom. The third-order valence-corrected chi connectivity index (χ3v) is 3.15. The molecule has 0 aliphatic carbocycles. The molecule has 0 saturated heterocycles. The summed E-state index contributed by atoms with van der Waals surface area (Å²) in [5, 5.41) is 16.3. The van der Waals surface area contributed by atoms with Gasteiger partial charge in [0.2, 0.25) is 0 Å². The van der Waals surface area contributed by atoms with Crippen LogP contribution in [0.5, 0.6) is 17.2 Å². The van der Waals surface area contributed by atoms with Crippen molar-refractivity contribution >= 4 is 17.8 Å². The van der Waals surface area contributed by atoms with Crippen molar-refractivity contribution in [2.24, 2.45) is 5.10 Å². The molecule has 0 unspecified atom stereocenters. The van der Waals surface area contributed by atoms with Gasteiger partial charge in [0.25, 0.3) is 5.91 Å². The molecule has 7 heteroatoms. The lowest BCUT2D eigenvalue weighted by Gasteiger charge is -2.06. The van der Waals surface area contributed by atoms with Crippen LogP contribution >= 0.6 is 0 Å². The van der Waals surface area contributed by atoms with Crippen molar-refractivity contribution < 1.29 is 19.4 Å². The number of amides is 1. The van der Waals surface area contributed by atoms with E-state index in [0.29, 0.717) is 11.3 Å². The zero-order valence-corrected chi connectivity index (χ0v) is 13.4. The van der Waals surface area contributed by atoms with Crippen molar-refractivity contribution in [2.75, 3.05) is 26.1 Å². The van der Waals surface area contributed by atoms with Crippen LogP contribution in [0.15, 0.2) is 47.6 Å². The number of aromatic hydroxyl groups is 1. The fourth-order valence-corrected chi connectivity index (χ4v) is 1.88. The summed E-state index contributed by atoms with van der Waals surface area (Å²) in [6.45, 7) is 0.0859. The van der Waals surface area contributed by atoms with Gasteiger partial charge in [-0.3, -0.25) is 4.79 Å². The van der Waals surface area contributed by atoms with Gasteiger partial charge in [0.05, 0.1) is 27.0 Å². The number of nitrogens with one attached hydrogen (secondary N) is 2. The average Bonchev–Trinajstić information content (AvgIpc) is 2.61. The Balaban J connectivity index is 1.81. The van der Waals surface area contributed by atoms with Crippen LogP contribution < -0.4 is 20.2 Å². The van der Waals surface area contributed by atoms with Gasteiger partial charge in [0.15, 0.2) is 11.5 Å². The minimum Gasteiger partial charge on any atom is -0.504 e. The van der Waals surface area contributed by atoms with Crippen LogP contribution in [0.2, 0.25) is 0 Å². The summed E-state index contributed by atoms with van der Waals surface area (Å²) in [7, 11) is 3.06. The molecule has 0 aromatic heterocycles. The fourth-order valence-electron chi connectivity index (χ4n) is 1.88. The Kier molecular flexibility index (Phi) is 6.01. The minimum atomic E-state index is -0.284. The van der Waals surface area contributed by atoms with E-state index in [2.05, 4.69) is 15.8 Å². The molecule has 0 heterocycles. The first-order chi connectivity index (χ1) is 11.6. The van der Waals surface area contributed by atoms with Gasteiger partial charge in [0.1, 0.15) is 5.75 Å². The summed E-state index contributed by atoms with van der Waals surface area (Å²) in [6.07, 6.45) is 1.47. The predicted octanol–water partition coefficient (Wildman–Crippen LogP) is 1.97. The lowest BCUT2D eigenvalue weighted by atomic mass is 10.2. The van der Waals surface area contributed by atoms with E-state index in [1.54, 1.807) is 31.4 Å². The first kappa shape index (κ1) is 17.1. The SMILES string of the molecule is COc1ccc(NCC(=O)N/N=C/c2ccc(O)c(OC)c2)cc1. The van der Waals surface area contributed by atoms with Gasteiger partial charge in [-0.2, -0.15) is 5.10 Å². The number of carbonyl (C=O) groups excluding carboxylic acids is 1. The maximum atomic E-state index is 11.7. The number of anilines is 1. The molecule has 3 N–H and O–H groups in total. The zero-order chi connectivity index (χ0) is 17.4. The molecule has 0 aliphatic rings. The van der Waals surface area contributed by atoms with Gasteiger partial charge in [-0.05, 0) is 48.0 Å². The Labute approximate surface area is 139 Å². The normalized spacial score (nSPS) is 10.4. The quantitative estimate of drug-likeness (QED) is 0.533. The number of nitrogens with zero attached hydrogens (tertiary/aromatic N) is 1. The van der Waals surface area contributed by atoms with Crippen LogP contribution in [-0.4, -0.2) is 38.0 Å². The lowest BCUT2D eigenvalue weighted by molar-refractivity contribution is -0.119. The molecule has 2 aromatic carbocycles. The van der Waals surface area contributed by atoms with Gasteiger partial charge >= 0.3 is 0 Å². The number of ether oxygens (including phenoxy) is 2. The number of hydrogen-bond acceptors (Lipinski definition) is 6. The number of benzene rings is 2. The van der Waals surface area contributed by atoms with Crippen LogP contribution in [0.1, 0.15) is 5.56 Å². The summed E-state index contributed by atoms with van der Waals surface area (Å²) in [5.41, 5.74) is 3.91. The van der Waals surface area contributed by atoms with Crippen molar-refractivity contribution in [3.05, 3.63) is 48.0 Å². The van der Waals surface area contributed by atoms with Crippen LogP contribution in [0.25, 0.3) is 0 Å². The summed E-state index contributed by atoms with van der Waals surface area (Å²) in [5.74, 6) is 0.848. The van der Waals surface area contributed by atoms with E-state index in [1.165, 1.54) is 19.4 Å². The topological polar surface area (TPSA) is 92.2 Å². The first-order valence-electron chi connectivity index (χ1n) is 7.19. The second kappa shape index (κ2) is 8.42. The molecule has 0 saturated carbocycles. The number of carbonyl (C=O) groups is 1. The van der Waals surface area contributed by atoms with E-state index >= 15 is 0 Å². The van der Waals surface area contributed by atoms with Gasteiger partial charge in [0, 0.05) is 5.69 Å². The Hall–Kier alpha value is -3.22. The predicted molar refractivity (Wildman–Crippen MR) is 91.9 cm³/mol. The van der Waals surface area contributed by atoms with E-state index in [4.69, 9.17) is 9.47 Å². The summed E-state index contributed by atoms with van der Waals surface area (Å²) in [4.78, 5) is 11.7. The molecule has 1 amide bonds. The molecular formula is C17H19N3O4. The highest BCUT2D eigenvalue weighted by atomic mass is 16.5. The Bertz CT molecular complexity index is 714. The fraction of sp³-hybridized carbons (Fsp3) is 0.176. The standard InChI is InChI=1S/C17H19N3O4/c1-23-14-6-4-13(5-7-14)18-11-17(22)20-19-10-12-3-8-15(21)16(9-12)24-2/h3-10,18,21H,11H2,1-2H3,(H,20,22)/b19-10+. The highest BCUT2D eigenvalue weighted by Gasteiger charge is 2.02. The molecule has 126 valence electrons. The third-order valence-electron chi connectivity index (χ3n) is 3.15. The Morgan fingerprint density at radius 3 is 2.58 bits per heavy atom. The second-order valence-corrected chi connectivity index (χ2v) is 4.81. The molecule has 24 heavy (non-hydrogen) atoms. The number of methoxy groups -OCH3 is 2. The number of hydrogen-bond donors (Lipinski definition) is 3. The molecule has 2 aromatic rings. The van der Waals surface area contributed by atoms with E-state index in [0.717, 1.165) is 11.4 Å². The molecule has 0 radical (unpaired) electrons. The van der Waals surface area contributed by atoms with Crippen molar-refractivity contribution in [1.82, 2.24) is 5.43 Å². The average molecular weight is 329 g/mol. The summed E-state index contributed by atoms with van der Waals surface area (Å²) in [6, 6.07) is 12.0. The van der Waals surface area contributed by atoms with Crippen molar-refractivity contribution in [2.45, 2.75) is 0 Å². The molecule has 2 rings (SSSR count). The zero-order valence-electron chi connectivity index (χ0n) is 13.4. The summed E-state index contributed by atoms with van der Waals surface area (Å²) >= 11 is 0. The monoisotopic (exact) mass is 329 g/mol. The van der Waals surface area contributed by atoms with Crippen LogP contribution in [0.3, 0.4) is 0 Å². The highest BCUT2D eigenvalue weighted by Crippen LogP contribution is 2.25. The molecule has 0 aliphatic heterocycles. The Morgan fingerprint density at radius 2 is 1.92 bits per heavy atom. The number of phenolic OH excluding ortho intramolecular Hbond substituents is 1. The molecule has 0 atom stereocenters. The smallest absolute Gasteiger partial charge is 0.259 e. The minimum absolute atomic E-state index is 0.0439. The van der Waals surface area contributed by atoms with E-state index < -0.39 is 0 Å². The lowest BCUT2D eigenvalue weighted by Crippen LogP contribution is -2.25. The van der Waals surface area contributed by atoms with Gasteiger partial charge in [-0.1, -0.05) is 0 Å². The van der Waals surface area contributed by atoms with Gasteiger partial charge < -0.3 is 19.9 Å². The maximum absolute atomic E-state index is 11.7. The van der Waals surface area contributed by atoms with Crippen LogP contribution in [-0.2, 0) is 4.79 Å². The number of hydrazone groups is 1. The molecule has 0 fully saturated rings. The molecule has 0 spiro atoms. The highest BCUT2D eigenvalue weighted by molar-refractivity contribution is 5.84. The van der Waals surface area contributed by atoms with Gasteiger partial charge in [-0.15, -0.1) is 0 Å². The van der Waals surface area contributed by atoms with Crippen molar-refractivity contribution in [3.8, 4) is 17.2 Å². The van der Waals surface area contributed by atoms with Crippen molar-refractivity contribution in [3.63, 3.8) is 0 Å². The molecule has 7 nitrogen and oxygen atoms in total. The van der Waals surface area contributed by atoms with Crippen LogP contribution in [0, 0.1) is 0 Å². The third kappa shape index (κ3) is 4.91. The summed E-state index contributed by atoms with van der Waals surface area (Å²) < 4.78 is 10.1. The second-order valence-electron chi connectivity index (χ2n) is 4.81. The van der Waals surface area contributed by atoms with E-state index in [-0.39, 0.29) is 18.2 Å². The van der Waals surface area contributed by atoms with Gasteiger partial charge in [-0.25, -0.2) is 5.43 Å². The van der Waals surface area contributed by atoms with Crippen LogP contribution in [0.4, 0.5) is 5.69 Å². The maximum Gasteiger partial charge on any atom is 0.259 e. The van der Waals surface area contributed by atoms with E-state index in [9.17, 15) is 9.90 Å². The number of rotatable bonds is 7. The number of phenols is 1. The van der Waals surface area contributed by atoms with Crippen molar-refractivity contribution in [1.29, 1.82) is 0 Å². The molecule has 0 bridgehead atoms. The first-order valence-corrected chi connectivity index (χ1v) is 7.19. The largest absolute Gasteiger partial charge is 0.504 e. The van der Waals surface area contributed by atoms with E-state index in [1.807, 2.05) is 12.1 Å². The molecular weight excluding hydrogens is 310 g/mol.